The molecule has 0 saturated heterocycles. The molecular weight excluding hydrogens is 717 g/mol. The SMILES string of the molecule is [2H]c1c([2H])c([2H])c(-c2nc(-c3c([2H])c([2H])c4c(oc5c([2H])c([2H])c([2H])c(-c6ccccc6)c54)c3[2H])nc(-n3c4c([2H])c([2H])c(-c5ccccc5)c([2H])c4c4c([2H])c([2H])c5sc6c([2H])c([2H])c([2H])c([2H])c6c5c43)n2)c([2H])c1[2H]. The number of hydrogen-bond donors (Lipinski definition) is 0. The van der Waals surface area contributed by atoms with Gasteiger partial charge in [-0.05, 0) is 64.6 Å². The minimum atomic E-state index is -0.814. The molecule has 0 aliphatic carbocycles. The molecule has 4 heterocycles. The van der Waals surface area contributed by atoms with Gasteiger partial charge in [0, 0.05) is 52.8 Å². The molecule has 4 aromatic heterocycles. The summed E-state index contributed by atoms with van der Waals surface area (Å²) in [6.45, 7) is 0. The van der Waals surface area contributed by atoms with E-state index in [1.807, 2.05) is 0 Å². The number of hydrogen-bond acceptors (Lipinski definition) is 5. The van der Waals surface area contributed by atoms with Crippen LogP contribution >= 0.6 is 11.3 Å². The largest absolute Gasteiger partial charge is 0.456 e. The maximum Gasteiger partial charge on any atom is 0.238 e. The molecule has 0 amide bonds. The lowest BCUT2D eigenvalue weighted by Gasteiger charge is -2.12. The van der Waals surface area contributed by atoms with Gasteiger partial charge in [0.1, 0.15) is 11.2 Å². The van der Waals surface area contributed by atoms with Crippen molar-refractivity contribution in [1.82, 2.24) is 19.5 Å². The molecule has 0 N–H and O–H groups in total. The van der Waals surface area contributed by atoms with Crippen molar-refractivity contribution >= 4 is 75.3 Å². The lowest BCUT2D eigenvalue weighted by Crippen LogP contribution is -2.06. The van der Waals surface area contributed by atoms with E-state index in [-0.39, 0.29) is 75.5 Å². The number of nitrogens with zero attached hydrogens (tertiary/aromatic N) is 4. The van der Waals surface area contributed by atoms with Crippen molar-refractivity contribution in [2.75, 3.05) is 0 Å². The van der Waals surface area contributed by atoms with E-state index in [0.717, 1.165) is 15.9 Å². The second-order valence-corrected chi connectivity index (χ2v) is 13.8. The van der Waals surface area contributed by atoms with Crippen LogP contribution in [-0.2, 0) is 0 Å². The van der Waals surface area contributed by atoms with Crippen LogP contribution in [0.15, 0.2) is 186 Å². The fourth-order valence-corrected chi connectivity index (χ4v) is 8.05. The third-order valence-corrected chi connectivity index (χ3v) is 10.6. The van der Waals surface area contributed by atoms with Crippen molar-refractivity contribution in [2.24, 2.45) is 0 Å². The van der Waals surface area contributed by atoms with Crippen molar-refractivity contribution in [3.05, 3.63) is 182 Å². The van der Waals surface area contributed by atoms with Gasteiger partial charge in [-0.25, -0.2) is 4.98 Å². The molecule has 266 valence electrons. The first kappa shape index (κ1) is 18.0. The van der Waals surface area contributed by atoms with Crippen LogP contribution in [0, 0.1) is 0 Å². The average Bonchev–Trinajstić information content (AvgIpc) is 4.32. The Labute approximate surface area is 358 Å². The number of thiophene rings is 1. The molecule has 57 heavy (non-hydrogen) atoms. The van der Waals surface area contributed by atoms with Gasteiger partial charge in [0.05, 0.1) is 38.4 Å². The van der Waals surface area contributed by atoms with Crippen LogP contribution in [0.4, 0.5) is 0 Å². The zero-order valence-electron chi connectivity index (χ0n) is 48.9. The molecule has 0 aliphatic rings. The van der Waals surface area contributed by atoms with Gasteiger partial charge in [-0.1, -0.05) is 139 Å². The number of aromatic nitrogens is 4. The summed E-state index contributed by atoms with van der Waals surface area (Å²) >= 11 is 0.783. The first-order valence-electron chi connectivity index (χ1n) is 27.4. The minimum Gasteiger partial charge on any atom is -0.456 e. The Morgan fingerprint density at radius 2 is 1.21 bits per heavy atom. The Morgan fingerprint density at radius 1 is 0.474 bits per heavy atom. The van der Waals surface area contributed by atoms with Crippen LogP contribution in [0.5, 0.6) is 0 Å². The Kier molecular flexibility index (Phi) is 3.97. The number of benzene rings is 8. The molecule has 12 rings (SSSR count). The molecule has 0 atom stereocenters. The van der Waals surface area contributed by atoms with Gasteiger partial charge in [-0.15, -0.1) is 11.3 Å². The van der Waals surface area contributed by atoms with Crippen molar-refractivity contribution in [1.29, 1.82) is 0 Å². The van der Waals surface area contributed by atoms with E-state index in [2.05, 4.69) is 9.97 Å². The summed E-state index contributed by atoms with van der Waals surface area (Å²) < 4.78 is 190. The Morgan fingerprint density at radius 3 is 2.05 bits per heavy atom. The van der Waals surface area contributed by atoms with Crippen molar-refractivity contribution in [3.8, 4) is 51.0 Å². The van der Waals surface area contributed by atoms with Gasteiger partial charge in [0.15, 0.2) is 11.6 Å². The smallest absolute Gasteiger partial charge is 0.238 e. The van der Waals surface area contributed by atoms with Crippen LogP contribution in [0.2, 0.25) is 0 Å². The molecule has 0 aliphatic heterocycles. The summed E-state index contributed by atoms with van der Waals surface area (Å²) in [6, 6.07) is 4.31. The normalized spacial score (nSPS) is 16.8. The monoisotopic (exact) mass is 766 g/mol. The van der Waals surface area contributed by atoms with Gasteiger partial charge in [0.25, 0.3) is 0 Å². The van der Waals surface area contributed by atoms with Crippen molar-refractivity contribution < 1.29 is 31.8 Å². The summed E-state index contributed by atoms with van der Waals surface area (Å²) in [4.78, 5) is 14.0. The summed E-state index contributed by atoms with van der Waals surface area (Å²) in [7, 11) is 0. The van der Waals surface area contributed by atoms with Gasteiger partial charge in [-0.3, -0.25) is 4.57 Å². The minimum absolute atomic E-state index is 0.00243. The molecule has 0 saturated carbocycles. The molecular formula is C51H30N4OS. The van der Waals surface area contributed by atoms with E-state index in [1.54, 1.807) is 60.7 Å². The quantitative estimate of drug-likeness (QED) is 0.175. The fraction of sp³-hybridized carbons (Fsp3) is 0. The predicted molar refractivity (Wildman–Crippen MR) is 236 cm³/mol. The summed E-state index contributed by atoms with van der Waals surface area (Å²) in [5, 5.41) is -0.797. The maximum absolute atomic E-state index is 9.84. The number of furan rings is 1. The highest BCUT2D eigenvalue weighted by molar-refractivity contribution is 7.26. The summed E-state index contributed by atoms with van der Waals surface area (Å²) in [6.07, 6.45) is 0. The number of rotatable bonds is 5. The predicted octanol–water partition coefficient (Wildman–Crippen LogP) is 13.9. The highest BCUT2D eigenvalue weighted by atomic mass is 32.1. The molecule has 0 fully saturated rings. The van der Waals surface area contributed by atoms with Crippen LogP contribution in [-0.4, -0.2) is 19.5 Å². The first-order valence-corrected chi connectivity index (χ1v) is 18.2. The molecule has 12 aromatic rings. The molecule has 0 bridgehead atoms. The van der Waals surface area contributed by atoms with Gasteiger partial charge >= 0.3 is 0 Å². The Hall–Kier alpha value is -7.41. The first-order chi connectivity index (χ1) is 36.6. The summed E-state index contributed by atoms with van der Waals surface area (Å²) in [5.74, 6) is -2.01. The third kappa shape index (κ3) is 5.04. The zero-order valence-corrected chi connectivity index (χ0v) is 29.7. The van der Waals surface area contributed by atoms with E-state index in [1.165, 1.54) is 0 Å². The lowest BCUT2D eigenvalue weighted by atomic mass is 9.99. The Bertz CT molecular complexity index is 4670. The van der Waals surface area contributed by atoms with Crippen LogP contribution in [0.3, 0.4) is 0 Å². The van der Waals surface area contributed by atoms with E-state index in [4.69, 9.17) is 24.5 Å². The molecule has 0 spiro atoms. The van der Waals surface area contributed by atoms with E-state index >= 15 is 0 Å². The molecule has 0 radical (unpaired) electrons. The molecule has 5 nitrogen and oxygen atoms in total. The third-order valence-electron chi connectivity index (χ3n) is 9.57. The van der Waals surface area contributed by atoms with Gasteiger partial charge in [0.2, 0.25) is 5.95 Å². The van der Waals surface area contributed by atoms with E-state index in [9.17, 15) is 12.3 Å². The fourth-order valence-electron chi connectivity index (χ4n) is 7.08. The molecule has 8 aromatic carbocycles. The van der Waals surface area contributed by atoms with Gasteiger partial charge < -0.3 is 4.42 Å². The number of fused-ring (bicyclic) bond motifs is 10. The van der Waals surface area contributed by atoms with Crippen molar-refractivity contribution in [2.45, 2.75) is 0 Å². The summed E-state index contributed by atoms with van der Waals surface area (Å²) in [5.41, 5.74) is -1.65. The standard InChI is InChI=1S/C51H30N4OS/c1-4-13-31(14-5-1)34-24-27-41-40(29-34)37-26-28-45-47(39-19-10-11-22-44(39)57-45)48(37)55(41)51-53-49(33-17-8-3-9-18-33)52-50(54-51)35-23-25-38-43(30-35)56-42-21-12-20-36(46(38)42)32-15-6-2-7-16-32/h1-30H/i3D,8D,9D,10D,11D,12D,17D,18D,19D,20D,21D,22D,23D,24D,25D,26D,27D,28D,29D,30D. The Balaban J connectivity index is 1.31. The van der Waals surface area contributed by atoms with E-state index in [0.29, 0.717) is 11.1 Å². The highest BCUT2D eigenvalue weighted by Gasteiger charge is 2.22. The highest BCUT2D eigenvalue weighted by Crippen LogP contribution is 2.44. The maximum atomic E-state index is 9.84. The van der Waals surface area contributed by atoms with Gasteiger partial charge in [-0.2, -0.15) is 9.97 Å². The van der Waals surface area contributed by atoms with E-state index < -0.39 is 149 Å². The average molecular weight is 767 g/mol. The lowest BCUT2D eigenvalue weighted by molar-refractivity contribution is 0.669. The van der Waals surface area contributed by atoms with Crippen molar-refractivity contribution in [3.63, 3.8) is 0 Å². The zero-order chi connectivity index (χ0) is 54.9. The molecule has 0 unspecified atom stereocenters. The van der Waals surface area contributed by atoms with Crippen LogP contribution in [0.1, 0.15) is 27.4 Å². The van der Waals surface area contributed by atoms with Crippen LogP contribution < -0.4 is 0 Å². The second-order valence-electron chi connectivity index (χ2n) is 12.8. The molecule has 6 heteroatoms. The van der Waals surface area contributed by atoms with Crippen LogP contribution in [0.25, 0.3) is 115 Å². The second kappa shape index (κ2) is 12.6. The topological polar surface area (TPSA) is 56.7 Å².